The molecule has 0 aliphatic heterocycles. The summed E-state index contributed by atoms with van der Waals surface area (Å²) in [6, 6.07) is 3.16. The Balaban J connectivity index is 2.63. The number of carbonyl (C=O) groups excluding carboxylic acids is 1. The molecule has 138 valence electrons. The molecule has 1 aromatic rings. The molecule has 0 aliphatic carbocycles. The third-order valence-corrected chi connectivity index (χ3v) is 3.18. The third kappa shape index (κ3) is 7.25. The summed E-state index contributed by atoms with van der Waals surface area (Å²) in [5.41, 5.74) is 0.416. The SMILES string of the molecule is Cc1ccc(NC(=O)C[C@H](NCCOCCO)C(=O)O)c([N+](=O)[O-])c1. The van der Waals surface area contributed by atoms with E-state index in [0.29, 0.717) is 5.56 Å². The maximum Gasteiger partial charge on any atom is 0.321 e. The van der Waals surface area contributed by atoms with Crippen molar-refractivity contribution in [2.75, 3.05) is 31.7 Å². The summed E-state index contributed by atoms with van der Waals surface area (Å²) in [5, 5.41) is 33.7. The van der Waals surface area contributed by atoms with Crippen LogP contribution in [0.1, 0.15) is 12.0 Å². The van der Waals surface area contributed by atoms with Crippen molar-refractivity contribution in [3.05, 3.63) is 33.9 Å². The molecule has 0 aromatic heterocycles. The Hall–Kier alpha value is -2.56. The van der Waals surface area contributed by atoms with Crippen LogP contribution in [0.25, 0.3) is 0 Å². The maximum absolute atomic E-state index is 12.0. The quantitative estimate of drug-likeness (QED) is 0.251. The second-order valence-corrected chi connectivity index (χ2v) is 5.21. The number of amides is 1. The number of ether oxygens (including phenoxy) is 1. The lowest BCUT2D eigenvalue weighted by Crippen LogP contribution is -2.41. The summed E-state index contributed by atoms with van der Waals surface area (Å²) in [4.78, 5) is 33.6. The highest BCUT2D eigenvalue weighted by Gasteiger charge is 2.22. The van der Waals surface area contributed by atoms with Crippen molar-refractivity contribution in [3.8, 4) is 0 Å². The van der Waals surface area contributed by atoms with Gasteiger partial charge in [-0.3, -0.25) is 19.7 Å². The van der Waals surface area contributed by atoms with Crippen LogP contribution >= 0.6 is 0 Å². The van der Waals surface area contributed by atoms with Crippen molar-refractivity contribution in [1.29, 1.82) is 0 Å². The van der Waals surface area contributed by atoms with Crippen molar-refractivity contribution in [1.82, 2.24) is 5.32 Å². The monoisotopic (exact) mass is 355 g/mol. The number of anilines is 1. The number of nitrogens with zero attached hydrogens (tertiary/aromatic N) is 1. The molecule has 0 heterocycles. The van der Waals surface area contributed by atoms with Gasteiger partial charge in [0.1, 0.15) is 11.7 Å². The molecule has 1 aromatic carbocycles. The van der Waals surface area contributed by atoms with Gasteiger partial charge < -0.3 is 25.6 Å². The number of aliphatic carboxylic acids is 1. The number of hydrogen-bond donors (Lipinski definition) is 4. The lowest BCUT2D eigenvalue weighted by molar-refractivity contribution is -0.384. The molecule has 1 atom stereocenters. The van der Waals surface area contributed by atoms with E-state index in [1.54, 1.807) is 13.0 Å². The third-order valence-electron chi connectivity index (χ3n) is 3.18. The molecule has 4 N–H and O–H groups in total. The van der Waals surface area contributed by atoms with Crippen LogP contribution in [0, 0.1) is 17.0 Å². The fraction of sp³-hybridized carbons (Fsp3) is 0.467. The molecule has 0 spiro atoms. The highest BCUT2D eigenvalue weighted by Crippen LogP contribution is 2.25. The zero-order chi connectivity index (χ0) is 18.8. The summed E-state index contributed by atoms with van der Waals surface area (Å²) in [6.45, 7) is 2.03. The first-order valence-corrected chi connectivity index (χ1v) is 7.54. The number of carboxylic acids is 1. The van der Waals surface area contributed by atoms with E-state index < -0.39 is 29.3 Å². The van der Waals surface area contributed by atoms with E-state index in [4.69, 9.17) is 14.9 Å². The first-order chi connectivity index (χ1) is 11.8. The minimum Gasteiger partial charge on any atom is -0.480 e. The number of benzene rings is 1. The summed E-state index contributed by atoms with van der Waals surface area (Å²) in [5.74, 6) is -1.89. The van der Waals surface area contributed by atoms with Crippen molar-refractivity contribution in [2.45, 2.75) is 19.4 Å². The Kier molecular flexibility index (Phi) is 8.47. The number of rotatable bonds is 11. The van der Waals surface area contributed by atoms with Gasteiger partial charge in [0.2, 0.25) is 5.91 Å². The predicted molar refractivity (Wildman–Crippen MR) is 88.4 cm³/mol. The van der Waals surface area contributed by atoms with Crippen molar-refractivity contribution in [2.24, 2.45) is 0 Å². The lowest BCUT2D eigenvalue weighted by Gasteiger charge is -2.14. The molecule has 1 rings (SSSR count). The number of aliphatic hydroxyl groups excluding tert-OH is 1. The number of carboxylic acid groups (broad SMARTS) is 1. The Morgan fingerprint density at radius 2 is 2.08 bits per heavy atom. The van der Waals surface area contributed by atoms with Crippen LogP contribution in [0.5, 0.6) is 0 Å². The van der Waals surface area contributed by atoms with E-state index in [-0.39, 0.29) is 37.7 Å². The van der Waals surface area contributed by atoms with Gasteiger partial charge in [0.05, 0.1) is 31.2 Å². The second kappa shape index (κ2) is 10.3. The van der Waals surface area contributed by atoms with Gasteiger partial charge in [0, 0.05) is 12.6 Å². The molecule has 25 heavy (non-hydrogen) atoms. The number of aliphatic hydroxyl groups is 1. The van der Waals surface area contributed by atoms with E-state index in [9.17, 15) is 19.7 Å². The van der Waals surface area contributed by atoms with Crippen LogP contribution in [-0.4, -0.2) is 59.4 Å². The van der Waals surface area contributed by atoms with Gasteiger partial charge in [0.15, 0.2) is 0 Å². The number of aryl methyl sites for hydroxylation is 1. The summed E-state index contributed by atoms with van der Waals surface area (Å²) in [7, 11) is 0. The molecular formula is C15H21N3O7. The number of carbonyl (C=O) groups is 2. The largest absolute Gasteiger partial charge is 0.480 e. The number of hydrogen-bond acceptors (Lipinski definition) is 7. The average molecular weight is 355 g/mol. The first kappa shape index (κ1) is 20.5. The molecule has 0 radical (unpaired) electrons. The zero-order valence-corrected chi connectivity index (χ0v) is 13.7. The van der Waals surface area contributed by atoms with E-state index in [2.05, 4.69) is 10.6 Å². The molecule has 0 saturated carbocycles. The maximum atomic E-state index is 12.0. The van der Waals surface area contributed by atoms with Crippen LogP contribution in [0.4, 0.5) is 11.4 Å². The fourth-order valence-electron chi connectivity index (χ4n) is 2.00. The van der Waals surface area contributed by atoms with Crippen molar-refractivity contribution >= 4 is 23.3 Å². The van der Waals surface area contributed by atoms with Crippen LogP contribution in [0.15, 0.2) is 18.2 Å². The standard InChI is InChI=1S/C15H21N3O7/c1-10-2-3-11(13(8-10)18(23)24)17-14(20)9-12(15(21)22)16-4-6-25-7-5-19/h2-3,8,12,16,19H,4-7,9H2,1H3,(H,17,20)(H,21,22)/t12-/m0/s1. The minimum absolute atomic E-state index is 0.0102. The molecule has 10 heteroatoms. The predicted octanol–water partition coefficient (Wildman–Crippen LogP) is 0.284. The summed E-state index contributed by atoms with van der Waals surface area (Å²) >= 11 is 0. The van der Waals surface area contributed by atoms with Gasteiger partial charge in [-0.05, 0) is 18.6 Å². The topological polar surface area (TPSA) is 151 Å². The number of nitrogens with one attached hydrogen (secondary N) is 2. The van der Waals surface area contributed by atoms with Gasteiger partial charge >= 0.3 is 5.97 Å². The normalized spacial score (nSPS) is 11.8. The molecule has 1 amide bonds. The Morgan fingerprint density at radius 1 is 1.36 bits per heavy atom. The molecule has 0 aliphatic rings. The second-order valence-electron chi connectivity index (χ2n) is 5.21. The summed E-state index contributed by atoms with van der Waals surface area (Å²) in [6.07, 6.45) is -0.402. The van der Waals surface area contributed by atoms with E-state index >= 15 is 0 Å². The molecule has 0 fully saturated rings. The van der Waals surface area contributed by atoms with Crippen molar-refractivity contribution in [3.63, 3.8) is 0 Å². The smallest absolute Gasteiger partial charge is 0.321 e. The van der Waals surface area contributed by atoms with Crippen LogP contribution in [0.3, 0.4) is 0 Å². The fourth-order valence-corrected chi connectivity index (χ4v) is 2.00. The molecule has 10 nitrogen and oxygen atoms in total. The van der Waals surface area contributed by atoms with Crippen LogP contribution < -0.4 is 10.6 Å². The van der Waals surface area contributed by atoms with Gasteiger partial charge in [-0.2, -0.15) is 0 Å². The summed E-state index contributed by atoms with van der Waals surface area (Å²) < 4.78 is 4.99. The van der Waals surface area contributed by atoms with Gasteiger partial charge in [-0.25, -0.2) is 0 Å². The highest BCUT2D eigenvalue weighted by molar-refractivity contribution is 5.95. The Morgan fingerprint density at radius 3 is 2.68 bits per heavy atom. The van der Waals surface area contributed by atoms with E-state index in [1.165, 1.54) is 12.1 Å². The van der Waals surface area contributed by atoms with Crippen LogP contribution in [0.2, 0.25) is 0 Å². The van der Waals surface area contributed by atoms with Gasteiger partial charge in [0.25, 0.3) is 5.69 Å². The Bertz CT molecular complexity index is 621. The number of nitro groups is 1. The van der Waals surface area contributed by atoms with Crippen molar-refractivity contribution < 1.29 is 29.5 Å². The lowest BCUT2D eigenvalue weighted by atomic mass is 10.1. The minimum atomic E-state index is -1.23. The zero-order valence-electron chi connectivity index (χ0n) is 13.7. The van der Waals surface area contributed by atoms with E-state index in [0.717, 1.165) is 0 Å². The highest BCUT2D eigenvalue weighted by atomic mass is 16.6. The van der Waals surface area contributed by atoms with Crippen LogP contribution in [-0.2, 0) is 14.3 Å². The average Bonchev–Trinajstić information content (AvgIpc) is 2.54. The number of nitro benzene ring substituents is 1. The van der Waals surface area contributed by atoms with E-state index in [1.807, 2.05) is 0 Å². The molecule has 0 unspecified atom stereocenters. The first-order valence-electron chi connectivity index (χ1n) is 7.54. The molecular weight excluding hydrogens is 334 g/mol. The van der Waals surface area contributed by atoms with Gasteiger partial charge in [-0.1, -0.05) is 6.07 Å². The Labute approximate surface area is 143 Å². The molecule has 0 bridgehead atoms. The van der Waals surface area contributed by atoms with Gasteiger partial charge in [-0.15, -0.1) is 0 Å². The molecule has 0 saturated heterocycles.